The van der Waals surface area contributed by atoms with Crippen LogP contribution in [0, 0.1) is 0 Å². The first-order chi connectivity index (χ1) is 8.32. The van der Waals surface area contributed by atoms with E-state index in [4.69, 9.17) is 21.8 Å². The molecule has 6 nitrogen and oxygen atoms in total. The number of halogens is 1. The van der Waals surface area contributed by atoms with Gasteiger partial charge >= 0.3 is 11.9 Å². The number of carboxylic acids is 2. The maximum absolute atomic E-state index is 10.7. The van der Waals surface area contributed by atoms with E-state index in [0.717, 1.165) is 0 Å². The molecule has 18 heavy (non-hydrogen) atoms. The van der Waals surface area contributed by atoms with Crippen molar-refractivity contribution in [2.24, 2.45) is 0 Å². The lowest BCUT2D eigenvalue weighted by Gasteiger charge is -2.17. The van der Waals surface area contributed by atoms with Crippen molar-refractivity contribution in [2.45, 2.75) is 18.6 Å². The van der Waals surface area contributed by atoms with Crippen LogP contribution >= 0.6 is 11.6 Å². The summed E-state index contributed by atoms with van der Waals surface area (Å²) < 4.78 is 0. The summed E-state index contributed by atoms with van der Waals surface area (Å²) in [6.45, 7) is 0. The maximum Gasteiger partial charge on any atom is 0.337 e. The van der Waals surface area contributed by atoms with Crippen LogP contribution in [-0.2, 0) is 4.79 Å². The molecule has 7 heteroatoms. The third-order valence-electron chi connectivity index (χ3n) is 2.31. The molecule has 4 N–H and O–H groups in total. The van der Waals surface area contributed by atoms with E-state index in [9.17, 15) is 19.8 Å². The molecule has 0 amide bonds. The Bertz CT molecular complexity index is 473. The third-order valence-corrected chi connectivity index (χ3v) is 2.63. The van der Waals surface area contributed by atoms with E-state index in [1.54, 1.807) is 0 Å². The van der Waals surface area contributed by atoms with Crippen molar-refractivity contribution < 1.29 is 30.0 Å². The van der Waals surface area contributed by atoms with Gasteiger partial charge in [0.2, 0.25) is 0 Å². The second-order valence-corrected chi connectivity index (χ2v) is 4.06. The number of benzene rings is 1. The Labute approximate surface area is 107 Å². The number of rotatable bonds is 5. The molecule has 0 saturated heterocycles. The summed E-state index contributed by atoms with van der Waals surface area (Å²) in [6.07, 6.45) is -3.56. The van der Waals surface area contributed by atoms with E-state index < -0.39 is 30.6 Å². The average Bonchev–Trinajstić information content (AvgIpc) is 2.26. The zero-order chi connectivity index (χ0) is 13.9. The van der Waals surface area contributed by atoms with Crippen LogP contribution in [0.15, 0.2) is 18.2 Å². The highest BCUT2D eigenvalue weighted by Gasteiger charge is 2.22. The van der Waals surface area contributed by atoms with Crippen molar-refractivity contribution in [3.63, 3.8) is 0 Å². The Morgan fingerprint density at radius 3 is 2.28 bits per heavy atom. The van der Waals surface area contributed by atoms with Gasteiger partial charge in [0.25, 0.3) is 0 Å². The van der Waals surface area contributed by atoms with Crippen LogP contribution in [0.25, 0.3) is 0 Å². The lowest BCUT2D eigenvalue weighted by atomic mass is 10.0. The molecule has 0 aliphatic rings. The number of carbonyl (C=O) groups is 2. The van der Waals surface area contributed by atoms with Gasteiger partial charge in [0.1, 0.15) is 6.10 Å². The maximum atomic E-state index is 10.7. The standard InChI is InChI=1S/C11H11ClO6/c12-7-3-5(1-2-6(7)11(17)18)10(16)8(13)4-9(14)15/h1-3,8,10,13,16H,4H2,(H,14,15)(H,17,18). The Balaban J connectivity index is 2.93. The molecule has 1 aromatic carbocycles. The van der Waals surface area contributed by atoms with Crippen LogP contribution in [0.4, 0.5) is 0 Å². The summed E-state index contributed by atoms with van der Waals surface area (Å²) in [5, 5.41) is 36.2. The predicted molar refractivity (Wildman–Crippen MR) is 61.6 cm³/mol. The molecule has 2 unspecified atom stereocenters. The minimum absolute atomic E-state index is 0.0958. The molecule has 2 atom stereocenters. The SMILES string of the molecule is O=C(O)CC(O)C(O)c1ccc(C(=O)O)c(Cl)c1. The second-order valence-electron chi connectivity index (χ2n) is 3.65. The van der Waals surface area contributed by atoms with E-state index in [1.807, 2.05) is 0 Å². The summed E-state index contributed by atoms with van der Waals surface area (Å²) in [4.78, 5) is 21.1. The minimum Gasteiger partial charge on any atom is -0.481 e. The Hall–Kier alpha value is -1.63. The van der Waals surface area contributed by atoms with Crippen LogP contribution in [0.1, 0.15) is 28.4 Å². The van der Waals surface area contributed by atoms with Gasteiger partial charge in [0.05, 0.1) is 23.1 Å². The van der Waals surface area contributed by atoms with Crippen molar-refractivity contribution in [3.05, 3.63) is 34.3 Å². The summed E-state index contributed by atoms with van der Waals surface area (Å²) in [5.41, 5.74) is 0.0130. The molecule has 0 spiro atoms. The first-order valence-electron chi connectivity index (χ1n) is 4.93. The van der Waals surface area contributed by atoms with Crippen molar-refractivity contribution in [1.82, 2.24) is 0 Å². The van der Waals surface area contributed by atoms with E-state index in [-0.39, 0.29) is 16.1 Å². The van der Waals surface area contributed by atoms with Crippen LogP contribution < -0.4 is 0 Å². The number of carboxylic acid groups (broad SMARTS) is 2. The fourth-order valence-electron chi connectivity index (χ4n) is 1.40. The largest absolute Gasteiger partial charge is 0.481 e. The van der Waals surface area contributed by atoms with Crippen LogP contribution in [-0.4, -0.2) is 38.5 Å². The zero-order valence-corrected chi connectivity index (χ0v) is 9.83. The molecule has 0 aromatic heterocycles. The molecule has 0 aliphatic heterocycles. The van der Waals surface area contributed by atoms with E-state index >= 15 is 0 Å². The van der Waals surface area contributed by atoms with Crippen molar-refractivity contribution in [3.8, 4) is 0 Å². The highest BCUT2D eigenvalue weighted by Crippen LogP contribution is 2.25. The van der Waals surface area contributed by atoms with Gasteiger partial charge in [-0.05, 0) is 17.7 Å². The molecule has 0 fully saturated rings. The third kappa shape index (κ3) is 3.43. The number of hydrogen-bond donors (Lipinski definition) is 4. The second kappa shape index (κ2) is 5.81. The van der Waals surface area contributed by atoms with Gasteiger partial charge < -0.3 is 20.4 Å². The highest BCUT2D eigenvalue weighted by molar-refractivity contribution is 6.33. The van der Waals surface area contributed by atoms with Gasteiger partial charge in [-0.1, -0.05) is 17.7 Å². The van der Waals surface area contributed by atoms with Crippen molar-refractivity contribution in [2.75, 3.05) is 0 Å². The molecule has 0 saturated carbocycles. The van der Waals surface area contributed by atoms with E-state index in [1.165, 1.54) is 18.2 Å². The number of aliphatic hydroxyl groups is 2. The van der Waals surface area contributed by atoms with Gasteiger partial charge in [-0.3, -0.25) is 4.79 Å². The summed E-state index contributed by atoms with van der Waals surface area (Å²) >= 11 is 5.69. The van der Waals surface area contributed by atoms with Gasteiger partial charge in [0.15, 0.2) is 0 Å². The van der Waals surface area contributed by atoms with Crippen LogP contribution in [0.2, 0.25) is 5.02 Å². The van der Waals surface area contributed by atoms with E-state index in [0.29, 0.717) is 0 Å². The number of aromatic carboxylic acids is 1. The van der Waals surface area contributed by atoms with Crippen LogP contribution in [0.5, 0.6) is 0 Å². The quantitative estimate of drug-likeness (QED) is 0.634. The molecular formula is C11H11ClO6. The molecule has 98 valence electrons. The topological polar surface area (TPSA) is 115 Å². The zero-order valence-electron chi connectivity index (χ0n) is 9.08. The number of aliphatic hydroxyl groups excluding tert-OH is 2. The Morgan fingerprint density at radius 1 is 1.22 bits per heavy atom. The molecular weight excluding hydrogens is 264 g/mol. The fourth-order valence-corrected chi connectivity index (χ4v) is 1.67. The minimum atomic E-state index is -1.49. The lowest BCUT2D eigenvalue weighted by Crippen LogP contribution is -2.21. The first kappa shape index (κ1) is 14.4. The van der Waals surface area contributed by atoms with E-state index in [2.05, 4.69) is 0 Å². The van der Waals surface area contributed by atoms with Crippen molar-refractivity contribution >= 4 is 23.5 Å². The van der Waals surface area contributed by atoms with Gasteiger partial charge in [-0.25, -0.2) is 4.79 Å². The molecule has 0 aliphatic carbocycles. The monoisotopic (exact) mass is 274 g/mol. The summed E-state index contributed by atoms with van der Waals surface area (Å²) in [6, 6.07) is 3.63. The number of aliphatic carboxylic acids is 1. The fraction of sp³-hybridized carbons (Fsp3) is 0.273. The van der Waals surface area contributed by atoms with Gasteiger partial charge in [-0.15, -0.1) is 0 Å². The summed E-state index contributed by atoms with van der Waals surface area (Å²) in [7, 11) is 0. The normalized spacial score (nSPS) is 13.9. The van der Waals surface area contributed by atoms with Gasteiger partial charge in [0, 0.05) is 0 Å². The smallest absolute Gasteiger partial charge is 0.337 e. The first-order valence-corrected chi connectivity index (χ1v) is 5.31. The molecule has 1 aromatic rings. The van der Waals surface area contributed by atoms with Gasteiger partial charge in [-0.2, -0.15) is 0 Å². The van der Waals surface area contributed by atoms with Crippen LogP contribution in [0.3, 0.4) is 0 Å². The Kier molecular flexibility index (Phi) is 4.66. The Morgan fingerprint density at radius 2 is 1.83 bits per heavy atom. The average molecular weight is 275 g/mol. The molecule has 0 heterocycles. The molecule has 0 radical (unpaired) electrons. The lowest BCUT2D eigenvalue weighted by molar-refractivity contribution is -0.141. The molecule has 1 rings (SSSR count). The van der Waals surface area contributed by atoms with Crippen molar-refractivity contribution in [1.29, 1.82) is 0 Å². The summed E-state index contributed by atoms with van der Waals surface area (Å²) in [5.74, 6) is -2.47. The predicted octanol–water partition coefficient (Wildman–Crippen LogP) is 0.907. The highest BCUT2D eigenvalue weighted by atomic mass is 35.5. The molecule has 0 bridgehead atoms. The number of hydrogen-bond acceptors (Lipinski definition) is 4.